The molecule has 1 aromatic carbocycles. The maximum atomic E-state index is 13.7. The highest BCUT2D eigenvalue weighted by Gasteiger charge is 2.35. The van der Waals surface area contributed by atoms with Gasteiger partial charge in [-0.25, -0.2) is 14.4 Å². The van der Waals surface area contributed by atoms with Crippen molar-refractivity contribution in [1.82, 2.24) is 25.1 Å². The van der Waals surface area contributed by atoms with Crippen molar-refractivity contribution in [1.29, 1.82) is 0 Å². The van der Waals surface area contributed by atoms with Gasteiger partial charge in [0.05, 0.1) is 11.7 Å². The van der Waals surface area contributed by atoms with E-state index in [1.54, 1.807) is 18.3 Å². The third kappa shape index (κ3) is 3.63. The second-order valence-corrected chi connectivity index (χ2v) is 8.76. The zero-order chi connectivity index (χ0) is 22.2. The number of likely N-dealkylation sites (tertiary alicyclic amines) is 1. The number of amides is 1. The van der Waals surface area contributed by atoms with Crippen LogP contribution >= 0.6 is 0 Å². The molecule has 32 heavy (non-hydrogen) atoms. The van der Waals surface area contributed by atoms with E-state index in [1.165, 1.54) is 12.1 Å². The number of carbonyl (C=O) groups is 1. The minimum absolute atomic E-state index is 0.0378. The number of aryl methyl sites for hydroxylation is 1. The first-order valence-corrected chi connectivity index (χ1v) is 11.2. The summed E-state index contributed by atoms with van der Waals surface area (Å²) in [6.45, 7) is 0.662. The monoisotopic (exact) mass is 434 g/mol. The SMILES string of the molecule is CN(C)c1ncc(-c2ccc(F)cc2)c(C2CCCCN2C(=O)c2n[nH]c3c2CCC3)n1. The maximum Gasteiger partial charge on any atom is 0.275 e. The van der Waals surface area contributed by atoms with Gasteiger partial charge in [-0.15, -0.1) is 0 Å². The number of carbonyl (C=O) groups excluding carboxylic acids is 1. The second-order valence-electron chi connectivity index (χ2n) is 8.76. The molecular formula is C24H27FN6O. The third-order valence-corrected chi connectivity index (χ3v) is 6.45. The van der Waals surface area contributed by atoms with Crippen molar-refractivity contribution in [3.63, 3.8) is 0 Å². The van der Waals surface area contributed by atoms with Crippen molar-refractivity contribution in [3.8, 4) is 11.1 Å². The van der Waals surface area contributed by atoms with Crippen LogP contribution < -0.4 is 4.90 Å². The molecule has 3 aromatic rings. The molecule has 1 atom stereocenters. The minimum Gasteiger partial charge on any atom is -0.347 e. The Bertz CT molecular complexity index is 1140. The number of fused-ring (bicyclic) bond motifs is 1. The first-order valence-electron chi connectivity index (χ1n) is 11.2. The van der Waals surface area contributed by atoms with E-state index in [0.29, 0.717) is 18.2 Å². The van der Waals surface area contributed by atoms with Gasteiger partial charge >= 0.3 is 0 Å². The van der Waals surface area contributed by atoms with Crippen molar-refractivity contribution in [2.24, 2.45) is 0 Å². The molecule has 1 aliphatic carbocycles. The number of nitrogens with one attached hydrogen (secondary N) is 1. The highest BCUT2D eigenvalue weighted by molar-refractivity contribution is 5.94. The number of nitrogens with zero attached hydrogens (tertiary/aromatic N) is 5. The van der Waals surface area contributed by atoms with E-state index in [0.717, 1.165) is 66.6 Å². The van der Waals surface area contributed by atoms with Gasteiger partial charge in [0.1, 0.15) is 5.82 Å². The van der Waals surface area contributed by atoms with E-state index < -0.39 is 0 Å². The van der Waals surface area contributed by atoms with Gasteiger partial charge in [0.25, 0.3) is 5.91 Å². The van der Waals surface area contributed by atoms with Gasteiger partial charge < -0.3 is 9.80 Å². The van der Waals surface area contributed by atoms with Crippen LogP contribution in [-0.4, -0.2) is 51.6 Å². The maximum absolute atomic E-state index is 13.7. The van der Waals surface area contributed by atoms with Crippen LogP contribution in [0.25, 0.3) is 11.1 Å². The number of hydrogen-bond acceptors (Lipinski definition) is 5. The van der Waals surface area contributed by atoms with Crippen LogP contribution in [0, 0.1) is 5.82 Å². The Morgan fingerprint density at radius 2 is 1.97 bits per heavy atom. The number of rotatable bonds is 4. The Labute approximate surface area is 186 Å². The zero-order valence-corrected chi connectivity index (χ0v) is 18.4. The van der Waals surface area contributed by atoms with Gasteiger partial charge in [-0.1, -0.05) is 12.1 Å². The molecule has 1 fully saturated rings. The molecule has 1 aliphatic heterocycles. The van der Waals surface area contributed by atoms with Gasteiger partial charge in [0.2, 0.25) is 5.95 Å². The number of H-pyrrole nitrogens is 1. The van der Waals surface area contributed by atoms with Crippen LogP contribution in [0.4, 0.5) is 10.3 Å². The van der Waals surface area contributed by atoms with Crippen molar-refractivity contribution in [2.45, 2.75) is 44.6 Å². The summed E-state index contributed by atoms with van der Waals surface area (Å²) >= 11 is 0. The molecule has 1 N–H and O–H groups in total. The number of aromatic amines is 1. The Hall–Kier alpha value is -3.29. The average molecular weight is 435 g/mol. The quantitative estimate of drug-likeness (QED) is 0.673. The largest absolute Gasteiger partial charge is 0.347 e. The summed E-state index contributed by atoms with van der Waals surface area (Å²) in [6, 6.07) is 6.17. The lowest BCUT2D eigenvalue weighted by atomic mass is 9.93. The van der Waals surface area contributed by atoms with Crippen LogP contribution in [0.1, 0.15) is 59.2 Å². The topological polar surface area (TPSA) is 78.0 Å². The molecule has 2 aromatic heterocycles. The summed E-state index contributed by atoms with van der Waals surface area (Å²) in [6.07, 6.45) is 7.46. The van der Waals surface area contributed by atoms with Gasteiger partial charge in [0, 0.05) is 43.7 Å². The highest BCUT2D eigenvalue weighted by Crippen LogP contribution is 2.38. The van der Waals surface area contributed by atoms with Crippen LogP contribution in [-0.2, 0) is 12.8 Å². The van der Waals surface area contributed by atoms with E-state index in [4.69, 9.17) is 4.98 Å². The van der Waals surface area contributed by atoms with Crippen molar-refractivity contribution < 1.29 is 9.18 Å². The van der Waals surface area contributed by atoms with Crippen molar-refractivity contribution in [3.05, 3.63) is 58.9 Å². The van der Waals surface area contributed by atoms with Gasteiger partial charge in [0.15, 0.2) is 5.69 Å². The lowest BCUT2D eigenvalue weighted by Crippen LogP contribution is -2.40. The Kier molecular flexibility index (Phi) is 5.36. The smallest absolute Gasteiger partial charge is 0.275 e. The van der Waals surface area contributed by atoms with Gasteiger partial charge in [-0.05, 0) is 56.2 Å². The Morgan fingerprint density at radius 1 is 1.16 bits per heavy atom. The lowest BCUT2D eigenvalue weighted by molar-refractivity contribution is 0.0599. The normalized spacial score (nSPS) is 18.0. The molecule has 166 valence electrons. The van der Waals surface area contributed by atoms with Gasteiger partial charge in [-0.3, -0.25) is 9.89 Å². The number of benzene rings is 1. The van der Waals surface area contributed by atoms with Gasteiger partial charge in [-0.2, -0.15) is 5.10 Å². The summed E-state index contributed by atoms with van der Waals surface area (Å²) in [4.78, 5) is 26.8. The highest BCUT2D eigenvalue weighted by atomic mass is 19.1. The predicted octanol–water partition coefficient (Wildman–Crippen LogP) is 3.93. The molecule has 0 radical (unpaired) electrons. The first kappa shape index (κ1) is 20.6. The van der Waals surface area contributed by atoms with E-state index in [9.17, 15) is 9.18 Å². The third-order valence-electron chi connectivity index (χ3n) is 6.45. The van der Waals surface area contributed by atoms with Crippen molar-refractivity contribution in [2.75, 3.05) is 25.5 Å². The molecule has 0 saturated carbocycles. The summed E-state index contributed by atoms with van der Waals surface area (Å²) in [7, 11) is 3.79. The van der Waals surface area contributed by atoms with Crippen LogP contribution in [0.2, 0.25) is 0 Å². The fourth-order valence-corrected chi connectivity index (χ4v) is 4.80. The Balaban J connectivity index is 1.58. The number of anilines is 1. The molecular weight excluding hydrogens is 407 g/mol. The summed E-state index contributed by atoms with van der Waals surface area (Å²) in [5.41, 5.74) is 5.17. The molecule has 5 rings (SSSR count). The van der Waals surface area contributed by atoms with Crippen LogP contribution in [0.15, 0.2) is 30.5 Å². The molecule has 1 saturated heterocycles. The number of hydrogen-bond donors (Lipinski definition) is 1. The number of halogens is 1. The zero-order valence-electron chi connectivity index (χ0n) is 18.4. The molecule has 2 aliphatic rings. The van der Waals surface area contributed by atoms with E-state index >= 15 is 0 Å². The molecule has 8 heteroatoms. The molecule has 0 spiro atoms. The lowest BCUT2D eigenvalue weighted by Gasteiger charge is -2.36. The van der Waals surface area contributed by atoms with E-state index in [2.05, 4.69) is 15.2 Å². The number of aromatic nitrogens is 4. The Morgan fingerprint density at radius 3 is 2.75 bits per heavy atom. The average Bonchev–Trinajstić information content (AvgIpc) is 3.43. The van der Waals surface area contributed by atoms with Crippen LogP contribution in [0.5, 0.6) is 0 Å². The molecule has 7 nitrogen and oxygen atoms in total. The molecule has 0 bridgehead atoms. The summed E-state index contributed by atoms with van der Waals surface area (Å²) in [5.74, 6) is 0.261. The van der Waals surface area contributed by atoms with E-state index in [1.807, 2.05) is 23.9 Å². The molecule has 1 unspecified atom stereocenters. The first-order chi connectivity index (χ1) is 15.5. The fraction of sp³-hybridized carbons (Fsp3) is 0.417. The standard InChI is InChI=1S/C24H27FN6O/c1-30(2)24-26-14-18(15-9-11-16(25)12-10-15)21(27-24)20-8-3-4-13-31(20)23(32)22-17-6-5-7-19(17)28-29-22/h9-12,14,20H,3-8,13H2,1-2H3,(H,28,29). The summed E-state index contributed by atoms with van der Waals surface area (Å²) in [5, 5.41) is 7.44. The summed E-state index contributed by atoms with van der Waals surface area (Å²) < 4.78 is 13.6. The number of piperidine rings is 1. The second kappa shape index (κ2) is 8.33. The fourth-order valence-electron chi connectivity index (χ4n) is 4.80. The predicted molar refractivity (Wildman–Crippen MR) is 120 cm³/mol. The molecule has 3 heterocycles. The van der Waals surface area contributed by atoms with E-state index in [-0.39, 0.29) is 17.8 Å². The minimum atomic E-state index is -0.289. The van der Waals surface area contributed by atoms with Crippen molar-refractivity contribution >= 4 is 11.9 Å². The van der Waals surface area contributed by atoms with Crippen LogP contribution in [0.3, 0.4) is 0 Å². The molecule has 1 amide bonds.